The van der Waals surface area contributed by atoms with Crippen molar-refractivity contribution in [1.29, 1.82) is 0 Å². The predicted octanol–water partition coefficient (Wildman–Crippen LogP) is 3.88. The van der Waals surface area contributed by atoms with E-state index in [9.17, 15) is 10.0 Å². The van der Waals surface area contributed by atoms with E-state index in [-0.39, 0.29) is 24.5 Å². The van der Waals surface area contributed by atoms with Gasteiger partial charge in [-0.25, -0.2) is 0 Å². The van der Waals surface area contributed by atoms with Gasteiger partial charge in [-0.05, 0) is 49.2 Å². The predicted molar refractivity (Wildman–Crippen MR) is 126 cm³/mol. The molecule has 2 aromatic carbocycles. The lowest BCUT2D eigenvalue weighted by atomic mass is 10.1. The molecule has 2 rings (SSSR count). The molecule has 0 atom stereocenters. The highest BCUT2D eigenvalue weighted by Gasteiger charge is 2.18. The van der Waals surface area contributed by atoms with Crippen molar-refractivity contribution in [2.75, 3.05) is 26.8 Å². The van der Waals surface area contributed by atoms with Crippen LogP contribution in [0.15, 0.2) is 41.6 Å². The molecular weight excluding hydrogens is 465 g/mol. The first-order valence-electron chi connectivity index (χ1n) is 9.41. The first-order valence-corrected chi connectivity index (χ1v) is 10.2. The number of amides is 1. The van der Waals surface area contributed by atoms with Crippen molar-refractivity contribution < 1.29 is 19.5 Å². The Bertz CT molecular complexity index is 877. The molecule has 0 aromatic heterocycles. The zero-order chi connectivity index (χ0) is 21.9. The van der Waals surface area contributed by atoms with Gasteiger partial charge < -0.3 is 25.7 Å². The van der Waals surface area contributed by atoms with Crippen LogP contribution in [0, 0.1) is 0 Å². The Hall–Kier alpha value is -2.19. The van der Waals surface area contributed by atoms with Crippen molar-refractivity contribution in [2.24, 2.45) is 10.9 Å². The fourth-order valence-corrected chi connectivity index (χ4v) is 3.31. The lowest BCUT2D eigenvalue weighted by molar-refractivity contribution is -0.115. The molecule has 0 bridgehead atoms. The van der Waals surface area contributed by atoms with E-state index in [2.05, 4.69) is 10.5 Å². The van der Waals surface area contributed by atoms with Crippen molar-refractivity contribution in [3.8, 4) is 11.5 Å². The molecule has 0 aliphatic carbocycles. The molecule has 7 nitrogen and oxygen atoms in total. The van der Waals surface area contributed by atoms with Gasteiger partial charge in [-0.15, -0.1) is 12.4 Å². The maximum Gasteiger partial charge on any atom is 0.269 e. The maximum atomic E-state index is 12.5. The molecule has 0 fully saturated rings. The summed E-state index contributed by atoms with van der Waals surface area (Å²) in [7, 11) is 1.60. The minimum atomic E-state index is -0.491. The van der Waals surface area contributed by atoms with Crippen LogP contribution in [0.4, 0.5) is 0 Å². The number of nitrogens with two attached hydrogens (primary N) is 1. The molecule has 0 spiro atoms. The summed E-state index contributed by atoms with van der Waals surface area (Å²) in [6.45, 7) is 1.21. The normalized spacial score (nSPS) is 10.9. The number of halogens is 3. The Morgan fingerprint density at radius 3 is 2.55 bits per heavy atom. The lowest BCUT2D eigenvalue weighted by Crippen LogP contribution is -2.33. The summed E-state index contributed by atoms with van der Waals surface area (Å²) in [4.78, 5) is 12.5. The summed E-state index contributed by atoms with van der Waals surface area (Å²) in [6, 6.07) is 10.7. The molecule has 2 aromatic rings. The van der Waals surface area contributed by atoms with Gasteiger partial charge in [0.15, 0.2) is 0 Å². The first kappa shape index (κ1) is 26.8. The smallest absolute Gasteiger partial charge is 0.269 e. The molecule has 0 aliphatic rings. The summed E-state index contributed by atoms with van der Waals surface area (Å²) < 4.78 is 10.8. The lowest BCUT2D eigenvalue weighted by Gasteiger charge is -2.14. The number of hydrogen-bond donors (Lipinski definition) is 3. The number of benzene rings is 2. The fourth-order valence-electron chi connectivity index (χ4n) is 2.72. The minimum absolute atomic E-state index is 0. The number of hydrogen-bond acceptors (Lipinski definition) is 6. The van der Waals surface area contributed by atoms with Crippen molar-refractivity contribution >= 4 is 47.2 Å². The molecule has 4 N–H and O–H groups in total. The van der Waals surface area contributed by atoms with Crippen LogP contribution in [0.1, 0.15) is 17.5 Å². The van der Waals surface area contributed by atoms with Crippen LogP contribution in [0.2, 0.25) is 10.0 Å². The molecule has 10 heteroatoms. The van der Waals surface area contributed by atoms with Gasteiger partial charge in [0.05, 0.1) is 18.7 Å². The maximum absolute atomic E-state index is 12.5. The minimum Gasteiger partial charge on any atom is -0.497 e. The Morgan fingerprint density at radius 1 is 1.23 bits per heavy atom. The van der Waals surface area contributed by atoms with E-state index in [1.54, 1.807) is 19.2 Å². The van der Waals surface area contributed by atoms with Crippen LogP contribution in [0.5, 0.6) is 11.5 Å². The quantitative estimate of drug-likeness (QED) is 0.192. The molecule has 0 unspecified atom stereocenters. The summed E-state index contributed by atoms with van der Waals surface area (Å²) in [5, 5.41) is 16.0. The molecular formula is C21H26Cl3N3O4. The van der Waals surface area contributed by atoms with Crippen LogP contribution >= 0.6 is 35.6 Å². The topological polar surface area (TPSA) is 106 Å². The Kier molecular flexibility index (Phi) is 12.1. The summed E-state index contributed by atoms with van der Waals surface area (Å²) in [6.07, 6.45) is 1.26. The molecule has 31 heavy (non-hydrogen) atoms. The van der Waals surface area contributed by atoms with Crippen LogP contribution in [0.25, 0.3) is 0 Å². The third-order valence-corrected chi connectivity index (χ3v) is 4.78. The molecule has 0 radical (unpaired) electrons. The van der Waals surface area contributed by atoms with E-state index in [4.69, 9.17) is 38.4 Å². The second-order valence-corrected chi connectivity index (χ2v) is 7.29. The number of rotatable bonds is 11. The highest BCUT2D eigenvalue weighted by Crippen LogP contribution is 2.33. The zero-order valence-electron chi connectivity index (χ0n) is 17.1. The van der Waals surface area contributed by atoms with E-state index >= 15 is 0 Å². The van der Waals surface area contributed by atoms with E-state index < -0.39 is 5.91 Å². The third kappa shape index (κ3) is 8.45. The van der Waals surface area contributed by atoms with Gasteiger partial charge in [-0.2, -0.15) is 0 Å². The van der Waals surface area contributed by atoms with Crippen molar-refractivity contribution in [3.63, 3.8) is 0 Å². The molecule has 0 saturated heterocycles. The number of oxime groups is 1. The highest BCUT2D eigenvalue weighted by atomic mass is 35.5. The largest absolute Gasteiger partial charge is 0.497 e. The second kappa shape index (κ2) is 14.0. The molecule has 170 valence electrons. The molecule has 0 heterocycles. The SMILES string of the molecule is COc1ccc(CCNC(=O)/C(Cc2cc(Cl)cc(Cl)c2OCCCN)=N/O)cc1.Cl. The monoisotopic (exact) mass is 489 g/mol. The third-order valence-electron chi connectivity index (χ3n) is 4.28. The highest BCUT2D eigenvalue weighted by molar-refractivity contribution is 6.39. The van der Waals surface area contributed by atoms with E-state index in [0.717, 1.165) is 11.3 Å². The van der Waals surface area contributed by atoms with Gasteiger partial charge in [-0.3, -0.25) is 4.79 Å². The Morgan fingerprint density at radius 2 is 1.94 bits per heavy atom. The average molecular weight is 491 g/mol. The van der Waals surface area contributed by atoms with Crippen molar-refractivity contribution in [3.05, 3.63) is 57.6 Å². The van der Waals surface area contributed by atoms with Gasteiger partial charge >= 0.3 is 0 Å². The number of nitrogens with one attached hydrogen (secondary N) is 1. The number of carbonyl (C=O) groups excluding carboxylic acids is 1. The number of methoxy groups -OCH3 is 1. The second-order valence-electron chi connectivity index (χ2n) is 6.44. The van der Waals surface area contributed by atoms with E-state index in [1.165, 1.54) is 0 Å². The average Bonchev–Trinajstić information content (AvgIpc) is 2.74. The van der Waals surface area contributed by atoms with Crippen LogP contribution in [0.3, 0.4) is 0 Å². The van der Waals surface area contributed by atoms with Crippen molar-refractivity contribution in [1.82, 2.24) is 5.32 Å². The number of ether oxygens (including phenoxy) is 2. The van der Waals surface area contributed by atoms with Gasteiger partial charge in [0.25, 0.3) is 5.91 Å². The van der Waals surface area contributed by atoms with E-state index in [1.807, 2.05) is 24.3 Å². The summed E-state index contributed by atoms with van der Waals surface area (Å²) in [5.74, 6) is 0.666. The van der Waals surface area contributed by atoms with Gasteiger partial charge in [0.2, 0.25) is 0 Å². The molecule has 0 saturated carbocycles. The van der Waals surface area contributed by atoms with Crippen LogP contribution < -0.4 is 20.5 Å². The summed E-state index contributed by atoms with van der Waals surface area (Å²) >= 11 is 12.3. The van der Waals surface area contributed by atoms with Gasteiger partial charge in [-0.1, -0.05) is 40.5 Å². The van der Waals surface area contributed by atoms with Crippen LogP contribution in [-0.4, -0.2) is 43.6 Å². The Labute approximate surface area is 197 Å². The van der Waals surface area contributed by atoms with E-state index in [0.29, 0.717) is 53.9 Å². The fraction of sp³-hybridized carbons (Fsp3) is 0.333. The van der Waals surface area contributed by atoms with Gasteiger partial charge in [0, 0.05) is 23.6 Å². The van der Waals surface area contributed by atoms with Crippen molar-refractivity contribution in [2.45, 2.75) is 19.3 Å². The van der Waals surface area contributed by atoms with Gasteiger partial charge in [0.1, 0.15) is 17.2 Å². The standard InChI is InChI=1S/C21H25Cl2N3O4.ClH/c1-29-17-5-3-14(4-6-17)7-9-25-21(27)19(26-28)12-15-11-16(22)13-18(23)20(15)30-10-2-8-24;/h3-6,11,13,28H,2,7-10,12,24H2,1H3,(H,25,27);1H/b26-19+;. The van der Waals surface area contributed by atoms with Crippen LogP contribution in [-0.2, 0) is 17.6 Å². The molecule has 1 amide bonds. The number of carbonyl (C=O) groups is 1. The Balaban J connectivity index is 0.00000480. The molecule has 0 aliphatic heterocycles. The number of nitrogens with zero attached hydrogens (tertiary/aromatic N) is 1. The zero-order valence-corrected chi connectivity index (χ0v) is 19.4. The first-order chi connectivity index (χ1) is 14.5. The summed E-state index contributed by atoms with van der Waals surface area (Å²) in [5.41, 5.74) is 7.00.